The molecule has 0 bridgehead atoms. The Morgan fingerprint density at radius 1 is 1.58 bits per heavy atom. The zero-order valence-electron chi connectivity index (χ0n) is 5.82. The summed E-state index contributed by atoms with van der Waals surface area (Å²) in [6.45, 7) is 0. The van der Waals surface area contributed by atoms with E-state index in [2.05, 4.69) is 4.98 Å². The molecular weight excluding hydrogens is 187 g/mol. The van der Waals surface area contributed by atoms with Crippen molar-refractivity contribution in [3.63, 3.8) is 0 Å². The van der Waals surface area contributed by atoms with Crippen LogP contribution in [0, 0.1) is 5.95 Å². The number of anilines is 1. The Morgan fingerprint density at radius 3 is 2.58 bits per heavy atom. The van der Waals surface area contributed by atoms with Crippen molar-refractivity contribution in [1.29, 1.82) is 0 Å². The van der Waals surface area contributed by atoms with E-state index in [1.807, 2.05) is 0 Å². The van der Waals surface area contributed by atoms with E-state index in [4.69, 9.17) is 10.8 Å². The molecule has 0 saturated heterocycles. The van der Waals surface area contributed by atoms with Gasteiger partial charge in [0.05, 0.1) is 0 Å². The number of hydrogen-bond donors (Lipinski definition) is 2. The Bertz CT molecular complexity index is 306. The highest BCUT2D eigenvalue weighted by molar-refractivity contribution is 5.87. The first-order valence-corrected chi connectivity index (χ1v) is 2.76. The van der Waals surface area contributed by atoms with Crippen LogP contribution in [0.3, 0.4) is 0 Å². The number of aromatic carboxylic acids is 1. The molecule has 0 saturated carbocycles. The van der Waals surface area contributed by atoms with Crippen molar-refractivity contribution in [2.45, 2.75) is 0 Å². The number of nitrogen functional groups attached to an aromatic ring is 1. The summed E-state index contributed by atoms with van der Waals surface area (Å²) >= 11 is 0. The van der Waals surface area contributed by atoms with Crippen LogP contribution >= 0.6 is 12.4 Å². The van der Waals surface area contributed by atoms with Gasteiger partial charge in [0, 0.05) is 0 Å². The van der Waals surface area contributed by atoms with Gasteiger partial charge in [-0.2, -0.15) is 4.39 Å². The fourth-order valence-electron chi connectivity index (χ4n) is 0.608. The van der Waals surface area contributed by atoms with Crippen molar-refractivity contribution in [2.75, 3.05) is 5.73 Å². The van der Waals surface area contributed by atoms with Crippen LogP contribution < -0.4 is 5.73 Å². The molecule has 0 aromatic carbocycles. The van der Waals surface area contributed by atoms with Gasteiger partial charge in [-0.25, -0.2) is 9.78 Å². The Hall–Kier alpha value is -1.36. The van der Waals surface area contributed by atoms with Gasteiger partial charge in [-0.05, 0) is 12.1 Å². The van der Waals surface area contributed by atoms with Gasteiger partial charge >= 0.3 is 5.97 Å². The molecular formula is C6H6ClFN2O2. The number of pyridine rings is 1. The zero-order chi connectivity index (χ0) is 8.43. The molecule has 6 heteroatoms. The molecule has 0 aliphatic heterocycles. The van der Waals surface area contributed by atoms with Gasteiger partial charge in [0.25, 0.3) is 0 Å². The van der Waals surface area contributed by atoms with Crippen LogP contribution in [0.2, 0.25) is 0 Å². The molecule has 4 nitrogen and oxygen atoms in total. The molecule has 0 amide bonds. The minimum atomic E-state index is -1.35. The number of nitrogens with zero attached hydrogens (tertiary/aromatic N) is 1. The van der Waals surface area contributed by atoms with Crippen LogP contribution in [0.5, 0.6) is 0 Å². The molecule has 12 heavy (non-hydrogen) atoms. The van der Waals surface area contributed by atoms with E-state index in [-0.39, 0.29) is 18.2 Å². The summed E-state index contributed by atoms with van der Waals surface area (Å²) in [5, 5.41) is 8.34. The average molecular weight is 193 g/mol. The van der Waals surface area contributed by atoms with Crippen LogP contribution in [-0.4, -0.2) is 16.1 Å². The smallest absolute Gasteiger partial charge is 0.340 e. The quantitative estimate of drug-likeness (QED) is 0.649. The number of rotatable bonds is 1. The molecule has 0 atom stereocenters. The van der Waals surface area contributed by atoms with Crippen molar-refractivity contribution in [3.05, 3.63) is 23.6 Å². The molecule has 1 aromatic rings. The number of hydrogen-bond acceptors (Lipinski definition) is 3. The van der Waals surface area contributed by atoms with Crippen molar-refractivity contribution in [1.82, 2.24) is 4.98 Å². The first-order chi connectivity index (χ1) is 5.11. The lowest BCUT2D eigenvalue weighted by Crippen LogP contribution is -2.04. The van der Waals surface area contributed by atoms with Crippen molar-refractivity contribution in [3.8, 4) is 0 Å². The lowest BCUT2D eigenvalue weighted by Gasteiger charge is -1.95. The first kappa shape index (κ1) is 10.6. The summed E-state index contributed by atoms with van der Waals surface area (Å²) in [4.78, 5) is 13.3. The lowest BCUT2D eigenvalue weighted by molar-refractivity contribution is 0.0691. The fraction of sp³-hybridized carbons (Fsp3) is 0. The predicted molar refractivity (Wildman–Crippen MR) is 42.8 cm³/mol. The van der Waals surface area contributed by atoms with E-state index >= 15 is 0 Å². The van der Waals surface area contributed by atoms with Crippen LogP contribution in [0.25, 0.3) is 0 Å². The second-order valence-corrected chi connectivity index (χ2v) is 1.88. The highest BCUT2D eigenvalue weighted by Gasteiger charge is 2.10. The summed E-state index contributed by atoms with van der Waals surface area (Å²) in [7, 11) is 0. The summed E-state index contributed by atoms with van der Waals surface area (Å²) in [6, 6.07) is 2.30. The highest BCUT2D eigenvalue weighted by atomic mass is 35.5. The molecule has 0 radical (unpaired) electrons. The Kier molecular flexibility index (Phi) is 3.43. The summed E-state index contributed by atoms with van der Waals surface area (Å²) in [5.74, 6) is -2.44. The summed E-state index contributed by atoms with van der Waals surface area (Å²) < 4.78 is 12.5. The summed E-state index contributed by atoms with van der Waals surface area (Å²) in [5.41, 5.74) is 4.61. The van der Waals surface area contributed by atoms with Gasteiger partial charge < -0.3 is 10.8 Å². The Morgan fingerprint density at radius 2 is 2.17 bits per heavy atom. The number of carbonyl (C=O) groups is 1. The molecule has 1 aromatic heterocycles. The monoisotopic (exact) mass is 192 g/mol. The summed E-state index contributed by atoms with van der Waals surface area (Å²) in [6.07, 6.45) is 0. The second kappa shape index (κ2) is 3.87. The highest BCUT2D eigenvalue weighted by Crippen LogP contribution is 2.06. The van der Waals surface area contributed by atoms with Crippen LogP contribution in [0.1, 0.15) is 10.4 Å². The van der Waals surface area contributed by atoms with Gasteiger partial charge in [0.15, 0.2) is 0 Å². The minimum absolute atomic E-state index is 0. The normalized spacial score (nSPS) is 8.75. The number of carboxylic acids is 1. The zero-order valence-corrected chi connectivity index (χ0v) is 6.64. The van der Waals surface area contributed by atoms with E-state index in [1.54, 1.807) is 0 Å². The van der Waals surface area contributed by atoms with E-state index in [1.165, 1.54) is 6.07 Å². The van der Waals surface area contributed by atoms with E-state index in [0.717, 1.165) is 6.07 Å². The third-order valence-electron chi connectivity index (χ3n) is 1.10. The molecule has 0 aliphatic rings. The number of nitrogens with two attached hydrogens (primary N) is 1. The third kappa shape index (κ3) is 2.06. The third-order valence-corrected chi connectivity index (χ3v) is 1.10. The van der Waals surface area contributed by atoms with Gasteiger partial charge in [-0.3, -0.25) is 0 Å². The fourth-order valence-corrected chi connectivity index (χ4v) is 0.608. The predicted octanol–water partition coefficient (Wildman–Crippen LogP) is 0.923. The van der Waals surface area contributed by atoms with E-state index in [0.29, 0.717) is 0 Å². The number of aromatic nitrogens is 1. The van der Waals surface area contributed by atoms with Crippen LogP contribution in [0.4, 0.5) is 10.2 Å². The maximum Gasteiger partial charge on any atom is 0.340 e. The van der Waals surface area contributed by atoms with Crippen LogP contribution in [0.15, 0.2) is 12.1 Å². The maximum atomic E-state index is 12.5. The van der Waals surface area contributed by atoms with Gasteiger partial charge in [0.2, 0.25) is 5.95 Å². The van der Waals surface area contributed by atoms with Crippen molar-refractivity contribution in [2.24, 2.45) is 0 Å². The molecule has 1 heterocycles. The molecule has 0 aliphatic carbocycles. The topological polar surface area (TPSA) is 76.2 Å². The Balaban J connectivity index is 0.00000121. The van der Waals surface area contributed by atoms with Gasteiger partial charge in [-0.1, -0.05) is 0 Å². The molecule has 3 N–H and O–H groups in total. The molecule has 0 spiro atoms. The molecule has 66 valence electrons. The largest absolute Gasteiger partial charge is 0.478 e. The Labute approximate surface area is 73.6 Å². The van der Waals surface area contributed by atoms with Crippen molar-refractivity contribution >= 4 is 24.2 Å². The molecule has 0 unspecified atom stereocenters. The van der Waals surface area contributed by atoms with Crippen LogP contribution in [-0.2, 0) is 0 Å². The first-order valence-electron chi connectivity index (χ1n) is 2.76. The SMILES string of the molecule is Cl.Nc1ccc(C(=O)O)c(F)n1. The standard InChI is InChI=1S/C6H5FN2O2.ClH/c7-5-3(6(10)11)1-2-4(8)9-5;/h1-2H,(H2,8,9)(H,10,11);1H. The van der Waals surface area contributed by atoms with E-state index < -0.39 is 17.5 Å². The maximum absolute atomic E-state index is 12.5. The van der Waals surface area contributed by atoms with Gasteiger partial charge in [0.1, 0.15) is 11.4 Å². The number of halogens is 2. The molecule has 0 fully saturated rings. The minimum Gasteiger partial charge on any atom is -0.478 e. The van der Waals surface area contributed by atoms with Gasteiger partial charge in [-0.15, -0.1) is 12.4 Å². The van der Waals surface area contributed by atoms with E-state index in [9.17, 15) is 9.18 Å². The second-order valence-electron chi connectivity index (χ2n) is 1.88. The number of carboxylic acid groups (broad SMARTS) is 1. The lowest BCUT2D eigenvalue weighted by atomic mass is 10.3. The average Bonchev–Trinajstić information content (AvgIpc) is 1.85. The molecule has 1 rings (SSSR count). The van der Waals surface area contributed by atoms with Crippen molar-refractivity contribution < 1.29 is 14.3 Å².